The molecule has 1 atom stereocenters. The molecule has 1 fully saturated rings. The lowest BCUT2D eigenvalue weighted by atomic mass is 10.1. The third kappa shape index (κ3) is 5.33. The molecule has 0 bridgehead atoms. The molecule has 0 aliphatic carbocycles. The summed E-state index contributed by atoms with van der Waals surface area (Å²) >= 11 is 0. The Hall–Kier alpha value is -0.870. The summed E-state index contributed by atoms with van der Waals surface area (Å²) in [4.78, 5) is 0. The maximum absolute atomic E-state index is 11.5. The van der Waals surface area contributed by atoms with Gasteiger partial charge in [0.15, 0.2) is 9.84 Å². The third-order valence-electron chi connectivity index (χ3n) is 3.63. The number of unbranched alkanes of at least 4 members (excludes halogenated alkanes) is 1. The Kier molecular flexibility index (Phi) is 5.40. The van der Waals surface area contributed by atoms with E-state index in [0.717, 1.165) is 38.6 Å². The largest absolute Gasteiger partial charge is 0.313 e. The maximum Gasteiger partial charge on any atom is 0.151 e. The zero-order chi connectivity index (χ0) is 13.6. The first-order valence-corrected chi connectivity index (χ1v) is 8.96. The minimum atomic E-state index is -2.78. The Morgan fingerprint density at radius 2 is 1.95 bits per heavy atom. The molecule has 1 saturated heterocycles. The van der Waals surface area contributed by atoms with E-state index in [1.807, 2.05) is 6.07 Å². The number of rotatable bonds is 6. The van der Waals surface area contributed by atoms with Crippen LogP contribution in [-0.4, -0.2) is 32.5 Å². The van der Waals surface area contributed by atoms with Crippen LogP contribution in [0.15, 0.2) is 30.3 Å². The van der Waals surface area contributed by atoms with E-state index in [9.17, 15) is 8.42 Å². The second-order valence-corrected chi connectivity index (χ2v) is 7.58. The summed E-state index contributed by atoms with van der Waals surface area (Å²) in [7, 11) is -2.78. The predicted molar refractivity (Wildman–Crippen MR) is 79.1 cm³/mol. The van der Waals surface area contributed by atoms with Crippen LogP contribution >= 0.6 is 0 Å². The van der Waals surface area contributed by atoms with E-state index in [1.54, 1.807) is 0 Å². The topological polar surface area (TPSA) is 46.2 Å². The standard InChI is InChI=1S/C15H23NO2S/c17-19(18)12-6-10-15(13-19)16-11-5-4-9-14-7-2-1-3-8-14/h1-3,7-8,15-16H,4-6,9-13H2. The number of hydrogen-bond acceptors (Lipinski definition) is 3. The van der Waals surface area contributed by atoms with Crippen LogP contribution in [0.2, 0.25) is 0 Å². The number of aryl methyl sites for hydroxylation is 1. The normalized spacial score (nSPS) is 22.2. The summed E-state index contributed by atoms with van der Waals surface area (Å²) in [5.41, 5.74) is 1.38. The second kappa shape index (κ2) is 7.06. The summed E-state index contributed by atoms with van der Waals surface area (Å²) in [5, 5.41) is 3.38. The average molecular weight is 281 g/mol. The molecule has 3 nitrogen and oxygen atoms in total. The molecule has 1 aliphatic rings. The Bertz CT molecular complexity index is 470. The molecule has 0 spiro atoms. The highest BCUT2D eigenvalue weighted by molar-refractivity contribution is 7.91. The molecule has 1 aromatic rings. The molecular formula is C15H23NO2S. The zero-order valence-electron chi connectivity index (χ0n) is 11.3. The van der Waals surface area contributed by atoms with Crippen LogP contribution in [-0.2, 0) is 16.3 Å². The highest BCUT2D eigenvalue weighted by Crippen LogP contribution is 2.12. The Morgan fingerprint density at radius 3 is 2.68 bits per heavy atom. The van der Waals surface area contributed by atoms with Crippen molar-refractivity contribution in [3.63, 3.8) is 0 Å². The van der Waals surface area contributed by atoms with E-state index >= 15 is 0 Å². The molecule has 1 unspecified atom stereocenters. The van der Waals surface area contributed by atoms with Gasteiger partial charge in [-0.05, 0) is 44.2 Å². The van der Waals surface area contributed by atoms with Crippen molar-refractivity contribution >= 4 is 9.84 Å². The van der Waals surface area contributed by atoms with Crippen LogP contribution < -0.4 is 5.32 Å². The molecule has 1 aliphatic heterocycles. The molecule has 1 heterocycles. The van der Waals surface area contributed by atoms with E-state index in [1.165, 1.54) is 5.56 Å². The number of benzene rings is 1. The van der Waals surface area contributed by atoms with Crippen LogP contribution in [0.1, 0.15) is 31.2 Å². The number of nitrogens with one attached hydrogen (secondary N) is 1. The SMILES string of the molecule is O=S1(=O)CCCC(NCCCCc2ccccc2)C1. The van der Waals surface area contributed by atoms with E-state index < -0.39 is 9.84 Å². The third-order valence-corrected chi connectivity index (χ3v) is 5.45. The lowest BCUT2D eigenvalue weighted by Gasteiger charge is -2.23. The molecule has 1 aromatic carbocycles. The van der Waals surface area contributed by atoms with Gasteiger partial charge in [-0.2, -0.15) is 0 Å². The van der Waals surface area contributed by atoms with Crippen LogP contribution in [0.4, 0.5) is 0 Å². The Balaban J connectivity index is 1.59. The molecule has 1 N–H and O–H groups in total. The van der Waals surface area contributed by atoms with E-state index in [-0.39, 0.29) is 6.04 Å². The van der Waals surface area contributed by atoms with Gasteiger partial charge in [-0.1, -0.05) is 30.3 Å². The van der Waals surface area contributed by atoms with Gasteiger partial charge in [0.05, 0.1) is 11.5 Å². The van der Waals surface area contributed by atoms with Crippen molar-refractivity contribution in [2.75, 3.05) is 18.1 Å². The van der Waals surface area contributed by atoms with Crippen LogP contribution in [0.5, 0.6) is 0 Å². The molecule has 0 aromatic heterocycles. The molecule has 0 amide bonds. The van der Waals surface area contributed by atoms with Gasteiger partial charge in [-0.25, -0.2) is 8.42 Å². The van der Waals surface area contributed by atoms with Crippen molar-refractivity contribution in [2.24, 2.45) is 0 Å². The second-order valence-electron chi connectivity index (χ2n) is 5.35. The van der Waals surface area contributed by atoms with Crippen molar-refractivity contribution in [1.29, 1.82) is 0 Å². The van der Waals surface area contributed by atoms with Crippen molar-refractivity contribution < 1.29 is 8.42 Å². The number of sulfone groups is 1. The molecule has 106 valence electrons. The first kappa shape index (κ1) is 14.5. The van der Waals surface area contributed by atoms with Gasteiger partial charge >= 0.3 is 0 Å². The minimum Gasteiger partial charge on any atom is -0.313 e. The fourth-order valence-electron chi connectivity index (χ4n) is 2.59. The van der Waals surface area contributed by atoms with Gasteiger partial charge in [-0.3, -0.25) is 0 Å². The van der Waals surface area contributed by atoms with Crippen molar-refractivity contribution in [3.05, 3.63) is 35.9 Å². The zero-order valence-corrected chi connectivity index (χ0v) is 12.2. The van der Waals surface area contributed by atoms with Crippen LogP contribution in [0, 0.1) is 0 Å². The van der Waals surface area contributed by atoms with Crippen molar-refractivity contribution in [3.8, 4) is 0 Å². The van der Waals surface area contributed by atoms with E-state index in [0.29, 0.717) is 11.5 Å². The number of hydrogen-bond donors (Lipinski definition) is 1. The smallest absolute Gasteiger partial charge is 0.151 e. The molecule has 2 rings (SSSR count). The van der Waals surface area contributed by atoms with Gasteiger partial charge < -0.3 is 5.32 Å². The molecule has 0 radical (unpaired) electrons. The van der Waals surface area contributed by atoms with Gasteiger partial charge in [0, 0.05) is 6.04 Å². The predicted octanol–water partition coefficient (Wildman–Crippen LogP) is 2.18. The summed E-state index contributed by atoms with van der Waals surface area (Å²) in [6.45, 7) is 0.924. The lowest BCUT2D eigenvalue weighted by Crippen LogP contribution is -2.40. The minimum absolute atomic E-state index is 0.176. The van der Waals surface area contributed by atoms with Gasteiger partial charge in [0.1, 0.15) is 0 Å². The summed E-state index contributed by atoms with van der Waals surface area (Å²) in [6, 6.07) is 10.7. The molecule has 4 heteroatoms. The van der Waals surface area contributed by atoms with E-state index in [2.05, 4.69) is 29.6 Å². The maximum atomic E-state index is 11.5. The molecule has 19 heavy (non-hydrogen) atoms. The first-order chi connectivity index (χ1) is 9.16. The Morgan fingerprint density at radius 1 is 1.16 bits per heavy atom. The fourth-order valence-corrected chi connectivity index (χ4v) is 4.26. The van der Waals surface area contributed by atoms with Gasteiger partial charge in [-0.15, -0.1) is 0 Å². The highest BCUT2D eigenvalue weighted by atomic mass is 32.2. The first-order valence-electron chi connectivity index (χ1n) is 7.13. The monoisotopic (exact) mass is 281 g/mol. The van der Waals surface area contributed by atoms with Crippen molar-refractivity contribution in [2.45, 2.75) is 38.1 Å². The lowest BCUT2D eigenvalue weighted by molar-refractivity contribution is 0.472. The Labute approximate surface area is 116 Å². The highest BCUT2D eigenvalue weighted by Gasteiger charge is 2.23. The van der Waals surface area contributed by atoms with Gasteiger partial charge in [0.25, 0.3) is 0 Å². The molecule has 0 saturated carbocycles. The van der Waals surface area contributed by atoms with Crippen LogP contribution in [0.3, 0.4) is 0 Å². The van der Waals surface area contributed by atoms with Crippen LogP contribution in [0.25, 0.3) is 0 Å². The van der Waals surface area contributed by atoms with E-state index in [4.69, 9.17) is 0 Å². The van der Waals surface area contributed by atoms with Crippen molar-refractivity contribution in [1.82, 2.24) is 5.32 Å². The fraction of sp³-hybridized carbons (Fsp3) is 0.600. The average Bonchev–Trinajstić information content (AvgIpc) is 2.38. The van der Waals surface area contributed by atoms with Gasteiger partial charge in [0.2, 0.25) is 0 Å². The quantitative estimate of drug-likeness (QED) is 0.813. The molecular weight excluding hydrogens is 258 g/mol. The summed E-state index contributed by atoms with van der Waals surface area (Å²) < 4.78 is 23.0. The summed E-state index contributed by atoms with van der Waals surface area (Å²) in [6.07, 6.45) is 5.16. The summed E-state index contributed by atoms with van der Waals surface area (Å²) in [5.74, 6) is 0.699.